The van der Waals surface area contributed by atoms with Gasteiger partial charge in [0.25, 0.3) is 0 Å². The van der Waals surface area contributed by atoms with Crippen LogP contribution in [0.3, 0.4) is 0 Å². The van der Waals surface area contributed by atoms with Gasteiger partial charge in [-0.2, -0.15) is 0 Å². The Morgan fingerprint density at radius 3 is 2.67 bits per heavy atom. The molecule has 4 atom stereocenters. The zero-order valence-corrected chi connectivity index (χ0v) is 12.1. The van der Waals surface area contributed by atoms with Gasteiger partial charge < -0.3 is 5.32 Å². The third-order valence-electron chi connectivity index (χ3n) is 4.83. The first-order valence-corrected chi connectivity index (χ1v) is 7.57. The number of hydrogen-bond donors (Lipinski definition) is 1. The molecule has 1 nitrogen and oxygen atoms in total. The predicted octanol–water partition coefficient (Wildman–Crippen LogP) is 4.69. The second kappa shape index (κ2) is 5.03. The molecule has 1 aromatic carbocycles. The molecular weight excluding hydrogens is 265 g/mol. The van der Waals surface area contributed by atoms with Crippen LogP contribution in [-0.4, -0.2) is 7.05 Å². The van der Waals surface area contributed by atoms with Gasteiger partial charge in [0.05, 0.1) is 0 Å². The molecule has 3 rings (SSSR count). The quantitative estimate of drug-likeness (QED) is 0.849. The highest BCUT2D eigenvalue weighted by Crippen LogP contribution is 2.53. The summed E-state index contributed by atoms with van der Waals surface area (Å²) in [5, 5.41) is 5.08. The monoisotopic (exact) mass is 283 g/mol. The van der Waals surface area contributed by atoms with Gasteiger partial charge in [-0.1, -0.05) is 29.6 Å². The van der Waals surface area contributed by atoms with Gasteiger partial charge in [-0.05, 0) is 67.8 Å². The maximum Gasteiger partial charge on any atom is 0.0454 e. The van der Waals surface area contributed by atoms with E-state index in [1.165, 1.54) is 31.2 Å². The van der Waals surface area contributed by atoms with E-state index in [9.17, 15) is 0 Å². The lowest BCUT2D eigenvalue weighted by Gasteiger charge is -2.31. The van der Waals surface area contributed by atoms with E-state index < -0.39 is 0 Å². The Morgan fingerprint density at radius 2 is 2.06 bits per heavy atom. The number of rotatable bonds is 3. The number of halogens is 2. The van der Waals surface area contributed by atoms with Gasteiger partial charge in [0.1, 0.15) is 0 Å². The number of hydrogen-bond acceptors (Lipinski definition) is 1. The van der Waals surface area contributed by atoms with Gasteiger partial charge in [0, 0.05) is 16.1 Å². The molecule has 2 bridgehead atoms. The molecule has 0 heterocycles. The molecule has 2 fully saturated rings. The van der Waals surface area contributed by atoms with E-state index in [0.29, 0.717) is 6.04 Å². The molecule has 0 spiro atoms. The zero-order valence-electron chi connectivity index (χ0n) is 10.6. The van der Waals surface area contributed by atoms with Crippen molar-refractivity contribution in [1.29, 1.82) is 0 Å². The number of nitrogens with one attached hydrogen (secondary N) is 1. The Kier molecular flexibility index (Phi) is 3.57. The van der Waals surface area contributed by atoms with Crippen molar-refractivity contribution in [2.45, 2.75) is 31.7 Å². The predicted molar refractivity (Wildman–Crippen MR) is 77.2 cm³/mol. The Morgan fingerprint density at radius 1 is 1.22 bits per heavy atom. The van der Waals surface area contributed by atoms with Crippen molar-refractivity contribution in [2.75, 3.05) is 7.05 Å². The van der Waals surface area contributed by atoms with Gasteiger partial charge in [0.2, 0.25) is 0 Å². The van der Waals surface area contributed by atoms with Crippen LogP contribution in [-0.2, 0) is 0 Å². The number of benzene rings is 1. The van der Waals surface area contributed by atoms with Crippen LogP contribution in [0, 0.1) is 17.8 Å². The molecule has 0 saturated heterocycles. The van der Waals surface area contributed by atoms with Crippen LogP contribution < -0.4 is 5.32 Å². The SMILES string of the molecule is CNC(c1cc(Cl)ccc1Cl)C1CC2CCC1C2. The van der Waals surface area contributed by atoms with Crippen molar-refractivity contribution >= 4 is 23.2 Å². The van der Waals surface area contributed by atoms with Gasteiger partial charge in [-0.3, -0.25) is 0 Å². The minimum atomic E-state index is 0.353. The molecule has 0 aromatic heterocycles. The molecule has 0 radical (unpaired) electrons. The first kappa shape index (κ1) is 12.8. The lowest BCUT2D eigenvalue weighted by Crippen LogP contribution is -2.29. The summed E-state index contributed by atoms with van der Waals surface area (Å²) in [4.78, 5) is 0. The summed E-state index contributed by atoms with van der Waals surface area (Å²) in [5.74, 6) is 2.56. The van der Waals surface area contributed by atoms with Crippen molar-refractivity contribution in [3.05, 3.63) is 33.8 Å². The van der Waals surface area contributed by atoms with E-state index in [4.69, 9.17) is 23.2 Å². The Bertz CT molecular complexity index is 446. The highest BCUT2D eigenvalue weighted by Gasteiger charge is 2.43. The van der Waals surface area contributed by atoms with Crippen LogP contribution in [0.2, 0.25) is 10.0 Å². The number of fused-ring (bicyclic) bond motifs is 2. The van der Waals surface area contributed by atoms with Gasteiger partial charge in [0.15, 0.2) is 0 Å². The molecule has 4 unspecified atom stereocenters. The molecule has 2 aliphatic carbocycles. The molecule has 2 aliphatic rings. The van der Waals surface area contributed by atoms with Gasteiger partial charge in [-0.15, -0.1) is 0 Å². The Hall–Kier alpha value is -0.240. The van der Waals surface area contributed by atoms with E-state index >= 15 is 0 Å². The molecule has 2 saturated carbocycles. The fraction of sp³-hybridized carbons (Fsp3) is 0.600. The fourth-order valence-corrected chi connectivity index (χ4v) is 4.47. The third-order valence-corrected chi connectivity index (χ3v) is 5.40. The second-order valence-corrected chi connectivity index (χ2v) is 6.61. The van der Waals surface area contributed by atoms with Crippen molar-refractivity contribution in [2.24, 2.45) is 17.8 Å². The Labute approximate surface area is 119 Å². The van der Waals surface area contributed by atoms with Gasteiger partial charge in [-0.25, -0.2) is 0 Å². The standard InChI is InChI=1S/C15H19Cl2N/c1-18-15(12-7-9-2-3-10(12)6-9)13-8-11(16)4-5-14(13)17/h4-5,8-10,12,15,18H,2-3,6-7H2,1H3. The van der Waals surface area contributed by atoms with E-state index in [2.05, 4.69) is 5.32 Å². The van der Waals surface area contributed by atoms with Crippen LogP contribution >= 0.6 is 23.2 Å². The molecule has 98 valence electrons. The molecule has 3 heteroatoms. The van der Waals surface area contributed by atoms with Crippen LogP contribution in [0.15, 0.2) is 18.2 Å². The molecular formula is C15H19Cl2N. The van der Waals surface area contributed by atoms with Crippen molar-refractivity contribution in [3.8, 4) is 0 Å². The summed E-state index contributed by atoms with van der Waals surface area (Å²) in [5.41, 5.74) is 1.17. The highest BCUT2D eigenvalue weighted by molar-refractivity contribution is 6.33. The summed E-state index contributed by atoms with van der Waals surface area (Å²) in [6.45, 7) is 0. The Balaban J connectivity index is 1.90. The topological polar surface area (TPSA) is 12.0 Å². The average Bonchev–Trinajstić information content (AvgIpc) is 2.97. The smallest absolute Gasteiger partial charge is 0.0454 e. The van der Waals surface area contributed by atoms with Crippen LogP contribution in [0.25, 0.3) is 0 Å². The van der Waals surface area contributed by atoms with E-state index in [1.54, 1.807) is 0 Å². The molecule has 0 amide bonds. The first-order chi connectivity index (χ1) is 8.69. The molecule has 1 aromatic rings. The largest absolute Gasteiger partial charge is 0.313 e. The van der Waals surface area contributed by atoms with Crippen molar-refractivity contribution < 1.29 is 0 Å². The lowest BCUT2D eigenvalue weighted by molar-refractivity contribution is 0.259. The summed E-state index contributed by atoms with van der Waals surface area (Å²) < 4.78 is 0. The summed E-state index contributed by atoms with van der Waals surface area (Å²) >= 11 is 12.5. The summed E-state index contributed by atoms with van der Waals surface area (Å²) in [6, 6.07) is 6.15. The van der Waals surface area contributed by atoms with Crippen LogP contribution in [0.5, 0.6) is 0 Å². The molecule has 0 aliphatic heterocycles. The van der Waals surface area contributed by atoms with E-state index in [0.717, 1.165) is 27.8 Å². The zero-order chi connectivity index (χ0) is 12.7. The van der Waals surface area contributed by atoms with Gasteiger partial charge >= 0.3 is 0 Å². The van der Waals surface area contributed by atoms with Crippen LogP contribution in [0.4, 0.5) is 0 Å². The van der Waals surface area contributed by atoms with E-state index in [-0.39, 0.29) is 0 Å². The second-order valence-electron chi connectivity index (χ2n) is 5.77. The first-order valence-electron chi connectivity index (χ1n) is 6.81. The minimum absolute atomic E-state index is 0.353. The van der Waals surface area contributed by atoms with Crippen LogP contribution in [0.1, 0.15) is 37.3 Å². The van der Waals surface area contributed by atoms with Crippen molar-refractivity contribution in [1.82, 2.24) is 5.32 Å². The molecule has 1 N–H and O–H groups in total. The maximum absolute atomic E-state index is 6.35. The lowest BCUT2D eigenvalue weighted by atomic mass is 9.80. The maximum atomic E-state index is 6.35. The van der Waals surface area contributed by atoms with E-state index in [1.807, 2.05) is 25.2 Å². The summed E-state index contributed by atoms with van der Waals surface area (Å²) in [6.07, 6.45) is 5.59. The normalized spacial score (nSPS) is 31.8. The highest BCUT2D eigenvalue weighted by atomic mass is 35.5. The van der Waals surface area contributed by atoms with Crippen molar-refractivity contribution in [3.63, 3.8) is 0 Å². The summed E-state index contributed by atoms with van der Waals surface area (Å²) in [7, 11) is 2.04. The minimum Gasteiger partial charge on any atom is -0.313 e. The molecule has 18 heavy (non-hydrogen) atoms. The third kappa shape index (κ3) is 2.17. The fourth-order valence-electron chi connectivity index (χ4n) is 4.06. The average molecular weight is 284 g/mol.